The van der Waals surface area contributed by atoms with Crippen LogP contribution in [0.5, 0.6) is 0 Å². The first-order valence-corrected chi connectivity index (χ1v) is 10.5. The number of allylic oxidation sites excluding steroid dienone is 2. The molecule has 1 saturated carbocycles. The van der Waals surface area contributed by atoms with Crippen LogP contribution in [0.25, 0.3) is 0 Å². The summed E-state index contributed by atoms with van der Waals surface area (Å²) in [6, 6.07) is 9.20. The number of benzene rings is 1. The third kappa shape index (κ3) is 7.24. The predicted molar refractivity (Wildman–Crippen MR) is 107 cm³/mol. The second-order valence-electron chi connectivity index (χ2n) is 7.86. The summed E-state index contributed by atoms with van der Waals surface area (Å²) in [7, 11) is 0. The van der Waals surface area contributed by atoms with Crippen molar-refractivity contribution in [1.82, 2.24) is 0 Å². The fourth-order valence-corrected chi connectivity index (χ4v) is 4.08. The van der Waals surface area contributed by atoms with Crippen molar-refractivity contribution in [1.29, 1.82) is 0 Å². The fourth-order valence-electron chi connectivity index (χ4n) is 4.08. The molecular weight excluding hydrogens is 288 g/mol. The topological polar surface area (TPSA) is 0 Å². The quantitative estimate of drug-likeness (QED) is 0.308. The van der Waals surface area contributed by atoms with Gasteiger partial charge in [-0.1, -0.05) is 95.2 Å². The first kappa shape index (κ1) is 19.3. The molecule has 1 aromatic carbocycles. The van der Waals surface area contributed by atoms with Gasteiger partial charge in [-0.2, -0.15) is 0 Å². The van der Waals surface area contributed by atoms with Gasteiger partial charge in [-0.3, -0.25) is 0 Å². The first-order valence-electron chi connectivity index (χ1n) is 10.5. The highest BCUT2D eigenvalue weighted by atomic mass is 14.2. The molecular formula is C24H38. The lowest BCUT2D eigenvalue weighted by molar-refractivity contribution is 0.260. The Labute approximate surface area is 150 Å². The normalized spacial score (nSPS) is 21.4. The molecule has 1 aliphatic rings. The molecule has 24 heavy (non-hydrogen) atoms. The summed E-state index contributed by atoms with van der Waals surface area (Å²) in [6.07, 6.45) is 21.3. The van der Waals surface area contributed by atoms with E-state index in [1.807, 2.05) is 0 Å². The maximum Gasteiger partial charge on any atom is -0.00975 e. The van der Waals surface area contributed by atoms with E-state index in [1.54, 1.807) is 0 Å². The first-order chi connectivity index (χ1) is 11.8. The van der Waals surface area contributed by atoms with E-state index in [-0.39, 0.29) is 0 Å². The van der Waals surface area contributed by atoms with Gasteiger partial charge in [-0.05, 0) is 55.1 Å². The van der Waals surface area contributed by atoms with Gasteiger partial charge in [0, 0.05) is 0 Å². The number of unbranched alkanes of at least 4 members (excludes halogenated alkanes) is 2. The van der Waals surface area contributed by atoms with Gasteiger partial charge < -0.3 is 0 Å². The molecule has 0 unspecified atom stereocenters. The van der Waals surface area contributed by atoms with E-state index >= 15 is 0 Å². The molecule has 134 valence electrons. The van der Waals surface area contributed by atoms with Crippen LogP contribution in [0.1, 0.15) is 89.2 Å². The van der Waals surface area contributed by atoms with E-state index < -0.39 is 0 Å². The van der Waals surface area contributed by atoms with Gasteiger partial charge in [0.1, 0.15) is 0 Å². The van der Waals surface area contributed by atoms with Gasteiger partial charge in [0.05, 0.1) is 0 Å². The van der Waals surface area contributed by atoms with Crippen LogP contribution in [0.2, 0.25) is 0 Å². The predicted octanol–water partition coefficient (Wildman–Crippen LogP) is 7.51. The summed E-state index contributed by atoms with van der Waals surface area (Å²) in [5, 5.41) is 0. The van der Waals surface area contributed by atoms with Gasteiger partial charge >= 0.3 is 0 Å². The second-order valence-corrected chi connectivity index (χ2v) is 7.86. The summed E-state index contributed by atoms with van der Waals surface area (Å²) < 4.78 is 0. The molecule has 0 atom stereocenters. The summed E-state index contributed by atoms with van der Waals surface area (Å²) in [5.41, 5.74) is 2.92. The zero-order valence-corrected chi connectivity index (χ0v) is 16.1. The maximum atomic E-state index is 2.45. The Morgan fingerprint density at radius 1 is 0.792 bits per heavy atom. The van der Waals surface area contributed by atoms with Crippen LogP contribution in [0, 0.1) is 11.8 Å². The van der Waals surface area contributed by atoms with Crippen molar-refractivity contribution in [2.24, 2.45) is 11.8 Å². The second kappa shape index (κ2) is 11.5. The highest BCUT2D eigenvalue weighted by Crippen LogP contribution is 2.33. The van der Waals surface area contributed by atoms with Crippen LogP contribution in [0.15, 0.2) is 36.4 Å². The van der Waals surface area contributed by atoms with Crippen molar-refractivity contribution in [3.63, 3.8) is 0 Å². The van der Waals surface area contributed by atoms with Crippen LogP contribution in [0.3, 0.4) is 0 Å². The van der Waals surface area contributed by atoms with Crippen LogP contribution in [0.4, 0.5) is 0 Å². The maximum absolute atomic E-state index is 2.45. The average Bonchev–Trinajstić information content (AvgIpc) is 2.62. The zero-order valence-electron chi connectivity index (χ0n) is 16.1. The molecule has 1 aliphatic carbocycles. The molecule has 0 nitrogen and oxygen atoms in total. The van der Waals surface area contributed by atoms with E-state index in [1.165, 1.54) is 81.8 Å². The molecule has 1 fully saturated rings. The van der Waals surface area contributed by atoms with Gasteiger partial charge in [0.25, 0.3) is 0 Å². The average molecular weight is 327 g/mol. The zero-order chi connectivity index (χ0) is 17.0. The van der Waals surface area contributed by atoms with E-state index in [9.17, 15) is 0 Å². The van der Waals surface area contributed by atoms with Crippen molar-refractivity contribution in [3.8, 4) is 0 Å². The van der Waals surface area contributed by atoms with E-state index in [4.69, 9.17) is 0 Å². The molecule has 1 aromatic rings. The molecule has 2 rings (SSSR count). The lowest BCUT2D eigenvalue weighted by Gasteiger charge is -2.27. The Hall–Kier alpha value is -1.04. The largest absolute Gasteiger partial charge is 0.0879 e. The van der Waals surface area contributed by atoms with Crippen LogP contribution >= 0.6 is 0 Å². The van der Waals surface area contributed by atoms with Crippen LogP contribution in [-0.2, 0) is 12.8 Å². The van der Waals surface area contributed by atoms with E-state index in [0.717, 1.165) is 18.3 Å². The van der Waals surface area contributed by atoms with Crippen molar-refractivity contribution in [2.75, 3.05) is 0 Å². The van der Waals surface area contributed by atoms with Gasteiger partial charge in [-0.25, -0.2) is 0 Å². The minimum Gasteiger partial charge on any atom is -0.0879 e. The molecule has 0 heterocycles. The molecule has 0 heteroatoms. The molecule has 0 aromatic heterocycles. The monoisotopic (exact) mass is 326 g/mol. The van der Waals surface area contributed by atoms with Crippen molar-refractivity contribution >= 4 is 0 Å². The van der Waals surface area contributed by atoms with E-state index in [0.29, 0.717) is 0 Å². The molecule has 0 amide bonds. The SMILES string of the molecule is CCCCCC1CCC(CC=CCc2ccc(CCC)cc2)CC1. The Morgan fingerprint density at radius 3 is 2.12 bits per heavy atom. The fraction of sp³-hybridized carbons (Fsp3) is 0.667. The summed E-state index contributed by atoms with van der Waals surface area (Å²) >= 11 is 0. The van der Waals surface area contributed by atoms with Crippen LogP contribution in [-0.4, -0.2) is 0 Å². The number of rotatable bonds is 10. The van der Waals surface area contributed by atoms with Gasteiger partial charge in [-0.15, -0.1) is 0 Å². The lowest BCUT2D eigenvalue weighted by Crippen LogP contribution is -2.14. The summed E-state index contributed by atoms with van der Waals surface area (Å²) in [4.78, 5) is 0. The number of aryl methyl sites for hydroxylation is 1. The van der Waals surface area contributed by atoms with Crippen molar-refractivity contribution in [2.45, 2.75) is 90.9 Å². The van der Waals surface area contributed by atoms with Crippen molar-refractivity contribution in [3.05, 3.63) is 47.5 Å². The van der Waals surface area contributed by atoms with Crippen LogP contribution < -0.4 is 0 Å². The molecule has 0 aliphatic heterocycles. The Bertz CT molecular complexity index is 445. The highest BCUT2D eigenvalue weighted by Gasteiger charge is 2.19. The van der Waals surface area contributed by atoms with Crippen molar-refractivity contribution < 1.29 is 0 Å². The van der Waals surface area contributed by atoms with Gasteiger partial charge in [0.15, 0.2) is 0 Å². The Balaban J connectivity index is 1.61. The van der Waals surface area contributed by atoms with Gasteiger partial charge in [0.2, 0.25) is 0 Å². The summed E-state index contributed by atoms with van der Waals surface area (Å²) in [6.45, 7) is 4.55. The Kier molecular flexibility index (Phi) is 9.24. The molecule has 0 spiro atoms. The molecule has 0 saturated heterocycles. The third-order valence-corrected chi connectivity index (χ3v) is 5.73. The highest BCUT2D eigenvalue weighted by molar-refractivity contribution is 5.24. The summed E-state index contributed by atoms with van der Waals surface area (Å²) in [5.74, 6) is 1.99. The standard InChI is InChI=1S/C24H38/c1-3-5-6-10-22-17-19-24(20-18-22)12-8-7-11-23-15-13-21(9-4-2)14-16-23/h7-8,13-16,22,24H,3-6,9-12,17-20H2,1-2H3. The molecule has 0 N–H and O–H groups in total. The minimum atomic E-state index is 0.954. The smallest absolute Gasteiger partial charge is 0.00975 e. The third-order valence-electron chi connectivity index (χ3n) is 5.73. The Morgan fingerprint density at radius 2 is 1.46 bits per heavy atom. The number of hydrogen-bond donors (Lipinski definition) is 0. The lowest BCUT2D eigenvalue weighted by atomic mass is 9.78. The molecule has 0 radical (unpaired) electrons. The number of hydrogen-bond acceptors (Lipinski definition) is 0. The molecule has 0 bridgehead atoms. The van der Waals surface area contributed by atoms with E-state index in [2.05, 4.69) is 50.3 Å². The minimum absolute atomic E-state index is 0.954.